The van der Waals surface area contributed by atoms with Crippen LogP contribution in [0.2, 0.25) is 0 Å². The second kappa shape index (κ2) is 3.64. The molecule has 7 heteroatoms. The molecule has 0 aromatic heterocycles. The first-order valence-electron chi connectivity index (χ1n) is 4.56. The minimum absolute atomic E-state index is 0.00273. The summed E-state index contributed by atoms with van der Waals surface area (Å²) in [6, 6.07) is 0. The minimum Gasteiger partial charge on any atom is -0.443 e. The summed E-state index contributed by atoms with van der Waals surface area (Å²) in [4.78, 5) is 11.5. The number of rotatable bonds is 0. The van der Waals surface area contributed by atoms with Gasteiger partial charge in [0.15, 0.2) is 0 Å². The first-order valence-corrected chi connectivity index (χ1v) is 5.92. The lowest BCUT2D eigenvalue weighted by Crippen LogP contribution is -2.37. The number of nitrogens with zero attached hydrogens (tertiary/aromatic N) is 1. The van der Waals surface area contributed by atoms with Crippen LogP contribution in [0, 0.1) is 0 Å². The fourth-order valence-corrected chi connectivity index (χ4v) is 2.29. The molecule has 0 aliphatic carbocycles. The van der Waals surface area contributed by atoms with Gasteiger partial charge in [-0.2, -0.15) is 12.7 Å². The highest BCUT2D eigenvalue weighted by atomic mass is 32.2. The molecule has 1 rings (SSSR count). The van der Waals surface area contributed by atoms with Gasteiger partial charge in [0.2, 0.25) is 0 Å². The van der Waals surface area contributed by atoms with Crippen LogP contribution >= 0.6 is 0 Å². The fraction of sp³-hybridized carbons (Fsp3) is 0.875. The van der Waals surface area contributed by atoms with Crippen LogP contribution < -0.4 is 0 Å². The summed E-state index contributed by atoms with van der Waals surface area (Å²) < 4.78 is 32.7. The average Bonchev–Trinajstić information content (AvgIpc) is 2.20. The van der Waals surface area contributed by atoms with Crippen LogP contribution in [0.25, 0.3) is 0 Å². The van der Waals surface area contributed by atoms with E-state index in [2.05, 4.69) is 4.18 Å². The Morgan fingerprint density at radius 1 is 1.47 bits per heavy atom. The smallest absolute Gasteiger partial charge is 0.425 e. The van der Waals surface area contributed by atoms with E-state index in [0.29, 0.717) is 4.31 Å². The highest BCUT2D eigenvalue weighted by molar-refractivity contribution is 7.85. The van der Waals surface area contributed by atoms with Crippen molar-refractivity contribution >= 4 is 16.4 Å². The van der Waals surface area contributed by atoms with Crippen LogP contribution in [0.15, 0.2) is 0 Å². The molecule has 1 aliphatic heterocycles. The Kier molecular flexibility index (Phi) is 2.97. The van der Waals surface area contributed by atoms with Crippen LogP contribution in [-0.2, 0) is 19.2 Å². The van der Waals surface area contributed by atoms with Crippen molar-refractivity contribution in [3.63, 3.8) is 0 Å². The molecule has 0 radical (unpaired) electrons. The number of carbonyl (C=O) groups is 1. The maximum atomic E-state index is 11.5. The number of hydrogen-bond donors (Lipinski definition) is 0. The minimum atomic E-state index is -3.95. The molecule has 6 nitrogen and oxygen atoms in total. The molecular formula is C8H15NO5S. The molecule has 0 unspecified atom stereocenters. The molecule has 0 aromatic rings. The Labute approximate surface area is 89.4 Å². The first kappa shape index (κ1) is 12.3. The zero-order valence-corrected chi connectivity index (χ0v) is 10.00. The first-order chi connectivity index (χ1) is 6.62. The van der Waals surface area contributed by atoms with Gasteiger partial charge in [0, 0.05) is 0 Å². The fourth-order valence-electron chi connectivity index (χ4n) is 1.09. The van der Waals surface area contributed by atoms with Crippen LogP contribution in [0.3, 0.4) is 0 Å². The van der Waals surface area contributed by atoms with Crippen LogP contribution in [-0.4, -0.2) is 37.1 Å². The molecule has 88 valence electrons. The van der Waals surface area contributed by atoms with Gasteiger partial charge in [-0.05, 0) is 27.7 Å². The standard InChI is InChI=1S/C8H15NO5S/c1-6-5-9(15(11,12)14-6)7(10)13-8(2,3)4/h6H,5H2,1-4H3/t6-/m1/s1. The second-order valence-electron chi connectivity index (χ2n) is 4.38. The van der Waals surface area contributed by atoms with E-state index in [-0.39, 0.29) is 6.54 Å². The van der Waals surface area contributed by atoms with Crippen molar-refractivity contribution in [1.82, 2.24) is 4.31 Å². The molecule has 0 spiro atoms. The Bertz CT molecular complexity index is 356. The zero-order valence-electron chi connectivity index (χ0n) is 9.18. The van der Waals surface area contributed by atoms with Crippen LogP contribution in [0.4, 0.5) is 4.79 Å². The van der Waals surface area contributed by atoms with Gasteiger partial charge in [-0.3, -0.25) is 0 Å². The molecule has 0 N–H and O–H groups in total. The van der Waals surface area contributed by atoms with Gasteiger partial charge < -0.3 is 4.74 Å². The Morgan fingerprint density at radius 2 is 2.00 bits per heavy atom. The lowest BCUT2D eigenvalue weighted by atomic mass is 10.2. The van der Waals surface area contributed by atoms with Gasteiger partial charge in [0.25, 0.3) is 0 Å². The molecule has 1 aliphatic rings. The van der Waals surface area contributed by atoms with Crippen molar-refractivity contribution in [3.05, 3.63) is 0 Å². The van der Waals surface area contributed by atoms with E-state index in [1.807, 2.05) is 0 Å². The normalized spacial score (nSPS) is 25.3. The predicted octanol–water partition coefficient (Wildman–Crippen LogP) is 0.887. The van der Waals surface area contributed by atoms with E-state index in [1.165, 1.54) is 0 Å². The molecule has 1 saturated heterocycles. The van der Waals surface area contributed by atoms with Crippen molar-refractivity contribution in [2.45, 2.75) is 39.4 Å². The van der Waals surface area contributed by atoms with Crippen molar-refractivity contribution < 1.29 is 22.1 Å². The highest BCUT2D eigenvalue weighted by Crippen LogP contribution is 2.20. The van der Waals surface area contributed by atoms with Gasteiger partial charge >= 0.3 is 16.4 Å². The van der Waals surface area contributed by atoms with Crippen molar-refractivity contribution in [3.8, 4) is 0 Å². The van der Waals surface area contributed by atoms with Crippen molar-refractivity contribution in [2.75, 3.05) is 6.54 Å². The summed E-state index contributed by atoms with van der Waals surface area (Å²) in [5.41, 5.74) is -0.724. The van der Waals surface area contributed by atoms with Gasteiger partial charge in [0.1, 0.15) is 5.60 Å². The van der Waals surface area contributed by atoms with Crippen LogP contribution in [0.1, 0.15) is 27.7 Å². The highest BCUT2D eigenvalue weighted by Gasteiger charge is 2.40. The molecule has 1 fully saturated rings. The van der Waals surface area contributed by atoms with Gasteiger partial charge in [-0.1, -0.05) is 0 Å². The number of ether oxygens (including phenoxy) is 1. The SMILES string of the molecule is C[C@@H]1CN(C(=O)OC(C)(C)C)S(=O)(=O)O1. The van der Waals surface area contributed by atoms with Crippen molar-refractivity contribution in [1.29, 1.82) is 0 Å². The molecular weight excluding hydrogens is 222 g/mol. The Morgan fingerprint density at radius 3 is 2.33 bits per heavy atom. The topological polar surface area (TPSA) is 72.9 Å². The molecule has 1 heterocycles. The Hall–Kier alpha value is -0.820. The quantitative estimate of drug-likeness (QED) is 0.625. The molecule has 15 heavy (non-hydrogen) atoms. The monoisotopic (exact) mass is 237 g/mol. The molecule has 0 saturated carbocycles. The third-order valence-electron chi connectivity index (χ3n) is 1.58. The molecule has 1 atom stereocenters. The van der Waals surface area contributed by atoms with Gasteiger partial charge in [-0.15, -0.1) is 0 Å². The maximum Gasteiger partial charge on any atom is 0.425 e. The van der Waals surface area contributed by atoms with Gasteiger partial charge in [0.05, 0.1) is 12.6 Å². The van der Waals surface area contributed by atoms with Crippen molar-refractivity contribution in [2.24, 2.45) is 0 Å². The lowest BCUT2D eigenvalue weighted by molar-refractivity contribution is 0.0399. The summed E-state index contributed by atoms with van der Waals surface area (Å²) in [5.74, 6) is 0. The summed E-state index contributed by atoms with van der Waals surface area (Å²) >= 11 is 0. The van der Waals surface area contributed by atoms with E-state index in [0.717, 1.165) is 0 Å². The van der Waals surface area contributed by atoms with Crippen LogP contribution in [0.5, 0.6) is 0 Å². The third-order valence-corrected chi connectivity index (χ3v) is 2.99. The lowest BCUT2D eigenvalue weighted by Gasteiger charge is -2.22. The number of carbonyl (C=O) groups excluding carboxylic acids is 1. The van der Waals surface area contributed by atoms with E-state index < -0.39 is 28.1 Å². The summed E-state index contributed by atoms with van der Waals surface area (Å²) in [6.45, 7) is 6.56. The van der Waals surface area contributed by atoms with E-state index in [1.54, 1.807) is 27.7 Å². The summed E-state index contributed by atoms with van der Waals surface area (Å²) in [7, 11) is -3.95. The van der Waals surface area contributed by atoms with Gasteiger partial charge in [-0.25, -0.2) is 8.98 Å². The zero-order chi connectivity index (χ0) is 11.9. The number of amides is 1. The largest absolute Gasteiger partial charge is 0.443 e. The average molecular weight is 237 g/mol. The summed E-state index contributed by atoms with van der Waals surface area (Å²) in [5, 5.41) is 0. The van der Waals surface area contributed by atoms with E-state index in [4.69, 9.17) is 4.74 Å². The molecule has 0 aromatic carbocycles. The Balaban J connectivity index is 2.78. The van der Waals surface area contributed by atoms with E-state index >= 15 is 0 Å². The second-order valence-corrected chi connectivity index (χ2v) is 5.86. The predicted molar refractivity (Wildman–Crippen MR) is 52.4 cm³/mol. The molecule has 0 bridgehead atoms. The number of hydrogen-bond acceptors (Lipinski definition) is 5. The third kappa shape index (κ3) is 3.07. The summed E-state index contributed by atoms with van der Waals surface area (Å²) in [6.07, 6.45) is -1.42. The van der Waals surface area contributed by atoms with E-state index in [9.17, 15) is 13.2 Å². The molecule has 1 amide bonds. The maximum absolute atomic E-state index is 11.5.